The molecular formula is C22H18N4O5S. The molecule has 0 spiro atoms. The Labute approximate surface area is 186 Å². The van der Waals surface area contributed by atoms with Crippen molar-refractivity contribution in [3.05, 3.63) is 80.7 Å². The predicted molar refractivity (Wildman–Crippen MR) is 122 cm³/mol. The number of aromatic nitrogens is 2. The molecule has 1 atom stereocenters. The molecule has 1 unspecified atom stereocenters. The van der Waals surface area contributed by atoms with Crippen LogP contribution in [0, 0.1) is 10.1 Å². The van der Waals surface area contributed by atoms with Crippen LogP contribution in [0.4, 0.5) is 11.4 Å². The fourth-order valence-electron chi connectivity index (χ4n) is 3.31. The third-order valence-electron chi connectivity index (χ3n) is 5.07. The van der Waals surface area contributed by atoms with Gasteiger partial charge in [0.1, 0.15) is 16.6 Å². The van der Waals surface area contributed by atoms with Crippen molar-refractivity contribution in [2.24, 2.45) is 0 Å². The molecule has 2 aromatic carbocycles. The third-order valence-corrected chi connectivity index (χ3v) is 5.96. The Hall–Kier alpha value is -4.05. The van der Waals surface area contributed by atoms with Crippen molar-refractivity contribution in [2.45, 2.75) is 13.0 Å². The van der Waals surface area contributed by atoms with Gasteiger partial charge in [-0.05, 0) is 36.8 Å². The highest BCUT2D eigenvalue weighted by Crippen LogP contribution is 2.32. The van der Waals surface area contributed by atoms with E-state index in [1.165, 1.54) is 41.5 Å². The number of nitro groups is 1. The topological polar surface area (TPSA) is 116 Å². The van der Waals surface area contributed by atoms with Gasteiger partial charge >= 0.3 is 0 Å². The van der Waals surface area contributed by atoms with Crippen LogP contribution in [0.25, 0.3) is 21.3 Å². The molecule has 0 bridgehead atoms. The Morgan fingerprint density at radius 2 is 1.94 bits per heavy atom. The zero-order valence-corrected chi connectivity index (χ0v) is 18.0. The molecule has 0 radical (unpaired) electrons. The molecule has 0 aliphatic rings. The van der Waals surface area contributed by atoms with E-state index in [1.807, 2.05) is 0 Å². The lowest BCUT2D eigenvalue weighted by molar-refractivity contribution is -0.384. The number of hydrogen-bond acceptors (Lipinski definition) is 7. The smallest absolute Gasteiger partial charge is 0.269 e. The number of nitrogens with zero attached hydrogens (tertiary/aromatic N) is 3. The number of rotatable bonds is 6. The van der Waals surface area contributed by atoms with E-state index in [-0.39, 0.29) is 11.2 Å². The highest BCUT2D eigenvalue weighted by Gasteiger charge is 2.21. The SMILES string of the molecule is COc1ccccc1NC(=O)C(C)n1cnc2scc(-c3ccc([N+](=O)[O-])cc3)c2c1=O. The number of ether oxygens (including phenoxy) is 1. The van der Waals surface area contributed by atoms with E-state index in [0.29, 0.717) is 32.8 Å². The number of amides is 1. The van der Waals surface area contributed by atoms with Crippen LogP contribution in [0.1, 0.15) is 13.0 Å². The normalized spacial score (nSPS) is 11.8. The van der Waals surface area contributed by atoms with Gasteiger partial charge in [-0.25, -0.2) is 4.98 Å². The maximum absolute atomic E-state index is 13.3. The molecule has 1 N–H and O–H groups in total. The molecule has 2 aromatic heterocycles. The number of fused-ring (bicyclic) bond motifs is 1. The zero-order valence-electron chi connectivity index (χ0n) is 17.1. The average Bonchev–Trinajstić information content (AvgIpc) is 3.24. The fraction of sp³-hybridized carbons (Fsp3) is 0.136. The first-order valence-corrected chi connectivity index (χ1v) is 10.5. The predicted octanol–water partition coefficient (Wildman–Crippen LogP) is 4.24. The number of carbonyl (C=O) groups excluding carboxylic acids is 1. The molecule has 0 aliphatic carbocycles. The summed E-state index contributed by atoms with van der Waals surface area (Å²) < 4.78 is 6.53. The summed E-state index contributed by atoms with van der Waals surface area (Å²) in [7, 11) is 1.51. The minimum Gasteiger partial charge on any atom is -0.495 e. The molecule has 1 amide bonds. The molecule has 32 heavy (non-hydrogen) atoms. The molecule has 4 aromatic rings. The van der Waals surface area contributed by atoms with Crippen LogP contribution in [0.5, 0.6) is 5.75 Å². The van der Waals surface area contributed by atoms with E-state index in [2.05, 4.69) is 10.3 Å². The summed E-state index contributed by atoms with van der Waals surface area (Å²) in [6, 6.07) is 12.1. The van der Waals surface area contributed by atoms with E-state index in [4.69, 9.17) is 4.74 Å². The molecule has 0 saturated heterocycles. The van der Waals surface area contributed by atoms with Gasteiger partial charge in [0.25, 0.3) is 11.2 Å². The Kier molecular flexibility index (Phi) is 5.69. The van der Waals surface area contributed by atoms with Crippen LogP contribution >= 0.6 is 11.3 Å². The average molecular weight is 450 g/mol. The molecule has 9 nitrogen and oxygen atoms in total. The van der Waals surface area contributed by atoms with Crippen LogP contribution in [-0.4, -0.2) is 27.5 Å². The van der Waals surface area contributed by atoms with Crippen molar-refractivity contribution in [3.63, 3.8) is 0 Å². The van der Waals surface area contributed by atoms with Gasteiger partial charge in [0.2, 0.25) is 5.91 Å². The summed E-state index contributed by atoms with van der Waals surface area (Å²) in [4.78, 5) is 41.5. The largest absolute Gasteiger partial charge is 0.495 e. The van der Waals surface area contributed by atoms with E-state index in [0.717, 1.165) is 0 Å². The van der Waals surface area contributed by atoms with Crippen LogP contribution in [0.2, 0.25) is 0 Å². The molecule has 2 heterocycles. The van der Waals surface area contributed by atoms with Gasteiger partial charge in [-0.15, -0.1) is 11.3 Å². The number of nitro benzene ring substituents is 1. The van der Waals surface area contributed by atoms with Crippen molar-refractivity contribution in [3.8, 4) is 16.9 Å². The monoisotopic (exact) mass is 450 g/mol. The maximum atomic E-state index is 13.3. The van der Waals surface area contributed by atoms with Gasteiger partial charge in [-0.3, -0.25) is 24.3 Å². The molecule has 0 fully saturated rings. The van der Waals surface area contributed by atoms with Gasteiger partial charge in [0, 0.05) is 23.1 Å². The highest BCUT2D eigenvalue weighted by atomic mass is 32.1. The Morgan fingerprint density at radius 3 is 2.62 bits per heavy atom. The van der Waals surface area contributed by atoms with Crippen LogP contribution < -0.4 is 15.6 Å². The Bertz CT molecular complexity index is 1380. The number of non-ortho nitro benzene ring substituents is 1. The van der Waals surface area contributed by atoms with Crippen LogP contribution in [-0.2, 0) is 4.79 Å². The molecule has 0 saturated carbocycles. The van der Waals surface area contributed by atoms with Gasteiger partial charge in [0.15, 0.2) is 0 Å². The second-order valence-electron chi connectivity index (χ2n) is 6.96. The summed E-state index contributed by atoms with van der Waals surface area (Å²) >= 11 is 1.29. The summed E-state index contributed by atoms with van der Waals surface area (Å²) in [6.45, 7) is 1.61. The number of anilines is 1. The summed E-state index contributed by atoms with van der Waals surface area (Å²) in [5.41, 5.74) is 1.36. The summed E-state index contributed by atoms with van der Waals surface area (Å²) in [5.74, 6) is 0.108. The number of methoxy groups -OCH3 is 1. The number of thiophene rings is 1. The van der Waals surface area contributed by atoms with Crippen molar-refractivity contribution in [1.29, 1.82) is 0 Å². The molecule has 4 rings (SSSR count). The molecule has 162 valence electrons. The van der Waals surface area contributed by atoms with Crippen molar-refractivity contribution in [2.75, 3.05) is 12.4 Å². The highest BCUT2D eigenvalue weighted by molar-refractivity contribution is 7.17. The number of nitrogens with one attached hydrogen (secondary N) is 1. The van der Waals surface area contributed by atoms with E-state index in [1.54, 1.807) is 48.7 Å². The first-order valence-electron chi connectivity index (χ1n) is 9.57. The molecule has 0 aliphatic heterocycles. The quantitative estimate of drug-likeness (QED) is 0.347. The lowest BCUT2D eigenvalue weighted by atomic mass is 10.1. The number of benzene rings is 2. The number of carbonyl (C=O) groups is 1. The van der Waals surface area contributed by atoms with Gasteiger partial charge in [-0.2, -0.15) is 0 Å². The number of hydrogen-bond donors (Lipinski definition) is 1. The second-order valence-corrected chi connectivity index (χ2v) is 7.81. The minimum absolute atomic E-state index is 0.0366. The van der Waals surface area contributed by atoms with Crippen molar-refractivity contribution < 1.29 is 14.5 Å². The lowest BCUT2D eigenvalue weighted by Gasteiger charge is -2.16. The number of para-hydroxylation sites is 2. The minimum atomic E-state index is -0.839. The van der Waals surface area contributed by atoms with Crippen LogP contribution in [0.3, 0.4) is 0 Å². The summed E-state index contributed by atoms with van der Waals surface area (Å²) in [5, 5.41) is 15.8. The summed E-state index contributed by atoms with van der Waals surface area (Å²) in [6.07, 6.45) is 1.35. The first kappa shape index (κ1) is 21.2. The van der Waals surface area contributed by atoms with Crippen molar-refractivity contribution >= 4 is 38.8 Å². The first-order chi connectivity index (χ1) is 15.4. The third kappa shape index (κ3) is 3.83. The van der Waals surface area contributed by atoms with Gasteiger partial charge < -0.3 is 10.1 Å². The van der Waals surface area contributed by atoms with E-state index >= 15 is 0 Å². The van der Waals surface area contributed by atoms with Gasteiger partial charge in [-0.1, -0.05) is 12.1 Å². The Morgan fingerprint density at radius 1 is 1.22 bits per heavy atom. The van der Waals surface area contributed by atoms with Gasteiger partial charge in [0.05, 0.1) is 29.4 Å². The van der Waals surface area contributed by atoms with E-state index < -0.39 is 16.9 Å². The standard InChI is InChI=1S/C22H18N4O5S/c1-13(20(27)24-17-5-3-4-6-18(17)31-2)25-12-23-21-19(22(25)28)16(11-32-21)14-7-9-15(10-8-14)26(29)30/h3-13H,1-2H3,(H,24,27). The van der Waals surface area contributed by atoms with E-state index in [9.17, 15) is 19.7 Å². The lowest BCUT2D eigenvalue weighted by Crippen LogP contribution is -2.31. The van der Waals surface area contributed by atoms with Crippen molar-refractivity contribution in [1.82, 2.24) is 9.55 Å². The molecule has 10 heteroatoms. The Balaban J connectivity index is 1.70. The zero-order chi connectivity index (χ0) is 22.8. The molecular weight excluding hydrogens is 432 g/mol. The van der Waals surface area contributed by atoms with Crippen LogP contribution in [0.15, 0.2) is 65.0 Å². The second kappa shape index (κ2) is 8.60. The maximum Gasteiger partial charge on any atom is 0.269 e. The fourth-order valence-corrected chi connectivity index (χ4v) is 4.21.